The summed E-state index contributed by atoms with van der Waals surface area (Å²) in [7, 11) is -6.59. The number of nitrogens with zero attached hydrogens (tertiary/aromatic N) is 1. The zero-order chi connectivity index (χ0) is 31.9. The van der Waals surface area contributed by atoms with Crippen LogP contribution in [0, 0.1) is 0 Å². The summed E-state index contributed by atoms with van der Waals surface area (Å²) in [5, 5.41) is 7.47. The van der Waals surface area contributed by atoms with Crippen LogP contribution in [0.5, 0.6) is 0 Å². The van der Waals surface area contributed by atoms with Crippen LogP contribution in [0.15, 0.2) is 182 Å². The van der Waals surface area contributed by atoms with E-state index < -0.39 is 22.5 Å². The summed E-state index contributed by atoms with van der Waals surface area (Å²) in [6.07, 6.45) is 2.50. The lowest BCUT2D eigenvalue weighted by Gasteiger charge is -2.56. The highest BCUT2D eigenvalue weighted by atomic mass is 28.4. The number of hydrogen-bond donors (Lipinski definition) is 0. The third-order valence-electron chi connectivity index (χ3n) is 9.57. The van der Waals surface area contributed by atoms with Gasteiger partial charge in [-0.05, 0) is 50.4 Å². The lowest BCUT2D eigenvalue weighted by Crippen LogP contribution is -2.92. The molecule has 1 unspecified atom stereocenters. The molecule has 0 aliphatic carbocycles. The Morgan fingerprint density at radius 3 is 0.979 bits per heavy atom. The molecule has 6 aromatic carbocycles. The van der Waals surface area contributed by atoms with E-state index in [4.69, 9.17) is 4.74 Å². The summed E-state index contributed by atoms with van der Waals surface area (Å²) in [6.45, 7) is 0.455. The molecule has 1 aliphatic rings. The van der Waals surface area contributed by atoms with Crippen LogP contribution in [-0.4, -0.2) is 39.3 Å². The number of benzene rings is 6. The first-order valence-corrected chi connectivity index (χ1v) is 20.5. The van der Waals surface area contributed by atoms with Gasteiger partial charge in [0.15, 0.2) is 0 Å². The highest BCUT2D eigenvalue weighted by Gasteiger charge is 2.61. The fourth-order valence-corrected chi connectivity index (χ4v) is 21.1. The van der Waals surface area contributed by atoms with Crippen molar-refractivity contribution < 1.29 is 9.53 Å². The van der Waals surface area contributed by atoms with Gasteiger partial charge < -0.3 is 8.97 Å². The molecule has 0 spiro atoms. The van der Waals surface area contributed by atoms with Gasteiger partial charge in [-0.25, -0.2) is 0 Å². The van der Waals surface area contributed by atoms with Crippen molar-refractivity contribution in [2.75, 3.05) is 6.61 Å². The summed E-state index contributed by atoms with van der Waals surface area (Å²) in [4.78, 5) is 14.7. The van der Waals surface area contributed by atoms with Crippen molar-refractivity contribution in [3.8, 4) is 0 Å². The maximum absolute atomic E-state index is 14.7. The van der Waals surface area contributed by atoms with E-state index in [0.717, 1.165) is 19.3 Å². The molecular weight excluding hydrogens is 607 g/mol. The summed E-state index contributed by atoms with van der Waals surface area (Å²) in [6, 6.07) is 65.5. The smallest absolute Gasteiger partial charge is 0.322 e. The van der Waals surface area contributed by atoms with E-state index in [0.29, 0.717) is 6.61 Å². The van der Waals surface area contributed by atoms with Gasteiger partial charge in [0, 0.05) is 0 Å². The van der Waals surface area contributed by atoms with Gasteiger partial charge in [-0.1, -0.05) is 182 Å². The second kappa shape index (κ2) is 13.9. The number of rotatable bonds is 9. The molecule has 1 saturated heterocycles. The largest absolute Gasteiger partial charge is 0.465 e. The zero-order valence-electron chi connectivity index (χ0n) is 26.5. The molecule has 0 aromatic heterocycles. The molecule has 7 rings (SSSR count). The maximum Gasteiger partial charge on any atom is 0.322 e. The average molecular weight is 646 g/mol. The fraction of sp³-hybridized carbons (Fsp3) is 0.119. The van der Waals surface area contributed by atoms with Gasteiger partial charge >= 0.3 is 5.97 Å². The lowest BCUT2D eigenvalue weighted by atomic mass is 10.1. The zero-order valence-corrected chi connectivity index (χ0v) is 28.5. The van der Waals surface area contributed by atoms with Gasteiger partial charge in [-0.15, -0.1) is 0 Å². The standard InChI is InChI=1S/C42H39NO2Si2/c44-42-41(33-19-20-34-45-42)43(46(35-21-7-1-8-22-35,36-23-9-2-10-24-36)37-25-11-3-12-26-37)47(38-27-13-4-14-28-38,39-29-15-5-16-30-39)40-31-17-6-18-32-40/h1-18,21-32,41H,19-20,33-34H2. The second-order valence-corrected chi connectivity index (χ2v) is 19.9. The van der Waals surface area contributed by atoms with Crippen LogP contribution < -0.4 is 31.1 Å². The van der Waals surface area contributed by atoms with Crippen LogP contribution in [-0.2, 0) is 9.53 Å². The molecule has 0 radical (unpaired) electrons. The molecule has 1 heterocycles. The highest BCUT2D eigenvalue weighted by Crippen LogP contribution is 2.29. The van der Waals surface area contributed by atoms with Crippen LogP contribution >= 0.6 is 0 Å². The third-order valence-corrected chi connectivity index (χ3v) is 20.7. The Hall–Kier alpha value is -4.82. The van der Waals surface area contributed by atoms with E-state index in [1.54, 1.807) is 0 Å². The van der Waals surface area contributed by atoms with Crippen molar-refractivity contribution in [3.63, 3.8) is 0 Å². The first-order valence-electron chi connectivity index (χ1n) is 16.6. The minimum atomic E-state index is -3.29. The number of hydrogen-bond acceptors (Lipinski definition) is 3. The molecule has 1 atom stereocenters. The minimum absolute atomic E-state index is 0.123. The van der Waals surface area contributed by atoms with Crippen molar-refractivity contribution in [3.05, 3.63) is 182 Å². The lowest BCUT2D eigenvalue weighted by molar-refractivity contribution is -0.146. The molecule has 47 heavy (non-hydrogen) atoms. The third kappa shape index (κ3) is 5.50. The van der Waals surface area contributed by atoms with Gasteiger partial charge in [0.1, 0.15) is 0 Å². The summed E-state index contributed by atoms with van der Waals surface area (Å²) >= 11 is 0. The van der Waals surface area contributed by atoms with Crippen LogP contribution in [0.2, 0.25) is 0 Å². The molecule has 5 heteroatoms. The molecule has 1 fully saturated rings. The maximum atomic E-state index is 14.7. The van der Waals surface area contributed by atoms with E-state index in [-0.39, 0.29) is 5.97 Å². The molecule has 0 saturated carbocycles. The predicted octanol–water partition coefficient (Wildman–Crippen LogP) is 4.72. The Morgan fingerprint density at radius 1 is 0.426 bits per heavy atom. The van der Waals surface area contributed by atoms with Gasteiger partial charge in [0.05, 0.1) is 12.6 Å². The SMILES string of the molecule is O=C1OCCCCC1N([Si](c1ccccc1)(c1ccccc1)c1ccccc1)[Si](c1ccccc1)(c1ccccc1)c1ccccc1. The van der Waals surface area contributed by atoms with Crippen molar-refractivity contribution in [2.24, 2.45) is 0 Å². The monoisotopic (exact) mass is 645 g/mol. The van der Waals surface area contributed by atoms with Crippen molar-refractivity contribution in [1.82, 2.24) is 4.23 Å². The normalized spacial score (nSPS) is 15.5. The summed E-state index contributed by atoms with van der Waals surface area (Å²) in [5.74, 6) is -0.123. The van der Waals surface area contributed by atoms with Crippen molar-refractivity contribution in [1.29, 1.82) is 0 Å². The van der Waals surface area contributed by atoms with E-state index in [1.165, 1.54) is 31.1 Å². The van der Waals surface area contributed by atoms with Crippen LogP contribution in [0.4, 0.5) is 0 Å². The first kappa shape index (κ1) is 30.8. The highest BCUT2D eigenvalue weighted by molar-refractivity contribution is 7.22. The van der Waals surface area contributed by atoms with E-state index >= 15 is 0 Å². The summed E-state index contributed by atoms with van der Waals surface area (Å²) < 4.78 is 8.97. The predicted molar refractivity (Wildman–Crippen MR) is 198 cm³/mol. The Kier molecular flexibility index (Phi) is 9.11. The Bertz CT molecular complexity index is 1550. The number of cyclic esters (lactones) is 1. The van der Waals surface area contributed by atoms with Crippen LogP contribution in [0.1, 0.15) is 19.3 Å². The van der Waals surface area contributed by atoms with Crippen LogP contribution in [0.25, 0.3) is 0 Å². The molecule has 6 aromatic rings. The van der Waals surface area contributed by atoms with E-state index in [1.807, 2.05) is 0 Å². The van der Waals surface area contributed by atoms with Crippen molar-refractivity contribution in [2.45, 2.75) is 25.3 Å². The fourth-order valence-electron chi connectivity index (χ4n) is 7.69. The molecule has 0 N–H and O–H groups in total. The van der Waals surface area contributed by atoms with Crippen molar-refractivity contribution >= 4 is 53.6 Å². The number of carbonyl (C=O) groups is 1. The quantitative estimate of drug-likeness (QED) is 0.130. The van der Waals surface area contributed by atoms with Gasteiger partial charge in [0.2, 0.25) is 16.5 Å². The second-order valence-electron chi connectivity index (χ2n) is 12.2. The molecule has 232 valence electrons. The van der Waals surface area contributed by atoms with E-state index in [9.17, 15) is 4.79 Å². The topological polar surface area (TPSA) is 29.5 Å². The molecule has 1 aliphatic heterocycles. The van der Waals surface area contributed by atoms with Gasteiger partial charge in [0.25, 0.3) is 0 Å². The molecular formula is C42H39NO2Si2. The Balaban J connectivity index is 1.75. The summed E-state index contributed by atoms with van der Waals surface area (Å²) in [5.41, 5.74) is 0. The Labute approximate surface area is 280 Å². The number of esters is 1. The van der Waals surface area contributed by atoms with Crippen LogP contribution in [0.3, 0.4) is 0 Å². The Morgan fingerprint density at radius 2 is 0.702 bits per heavy atom. The molecule has 0 bridgehead atoms. The van der Waals surface area contributed by atoms with Gasteiger partial charge in [-0.2, -0.15) is 0 Å². The number of ether oxygens (including phenoxy) is 1. The molecule has 0 amide bonds. The minimum Gasteiger partial charge on any atom is -0.465 e. The average Bonchev–Trinajstić information content (AvgIpc) is 3.37. The van der Waals surface area contributed by atoms with E-state index in [2.05, 4.69) is 186 Å². The molecule has 3 nitrogen and oxygen atoms in total. The number of carbonyl (C=O) groups excluding carboxylic acids is 1. The van der Waals surface area contributed by atoms with Gasteiger partial charge in [-0.3, -0.25) is 4.79 Å². The first-order chi connectivity index (χ1) is 23.3.